The van der Waals surface area contributed by atoms with E-state index in [1.165, 1.54) is 18.4 Å². The largest absolute Gasteiger partial charge is 0.461 e. The van der Waals surface area contributed by atoms with Crippen LogP contribution < -0.4 is 5.32 Å². The molecule has 3 rings (SSSR count). The summed E-state index contributed by atoms with van der Waals surface area (Å²) in [4.78, 5) is 16.3. The van der Waals surface area contributed by atoms with Crippen LogP contribution in [0.1, 0.15) is 37.6 Å². The molecule has 0 spiro atoms. The number of carbonyl (C=O) groups excluding carboxylic acids is 1. The van der Waals surface area contributed by atoms with Crippen molar-refractivity contribution in [3.05, 3.63) is 54.1 Å². The molecule has 0 bridgehead atoms. The Hall–Kier alpha value is -2.89. The van der Waals surface area contributed by atoms with E-state index in [0.717, 1.165) is 12.1 Å². The molecule has 130 valence electrons. The predicted octanol–water partition coefficient (Wildman–Crippen LogP) is 4.24. The number of unbranched alkanes of at least 4 members (excludes halogenated alkanes) is 1. The highest BCUT2D eigenvalue weighted by atomic mass is 16.5. The normalized spacial score (nSPS) is 10.8. The van der Waals surface area contributed by atoms with Gasteiger partial charge in [-0.2, -0.15) is 4.98 Å². The van der Waals surface area contributed by atoms with Gasteiger partial charge in [-0.3, -0.25) is 4.79 Å². The van der Waals surface area contributed by atoms with Crippen LogP contribution in [-0.2, 0) is 17.6 Å². The monoisotopic (exact) mass is 339 g/mol. The Kier molecular flexibility index (Phi) is 5.61. The van der Waals surface area contributed by atoms with E-state index in [-0.39, 0.29) is 12.3 Å². The number of nitrogens with one attached hydrogen (secondary N) is 1. The van der Waals surface area contributed by atoms with Crippen LogP contribution in [0, 0.1) is 0 Å². The van der Waals surface area contributed by atoms with Crippen molar-refractivity contribution >= 4 is 11.6 Å². The highest BCUT2D eigenvalue weighted by molar-refractivity contribution is 5.90. The van der Waals surface area contributed by atoms with Crippen LogP contribution in [0.4, 0.5) is 5.69 Å². The van der Waals surface area contributed by atoms with Gasteiger partial charge in [0, 0.05) is 18.5 Å². The van der Waals surface area contributed by atoms with Gasteiger partial charge in [-0.05, 0) is 42.7 Å². The highest BCUT2D eigenvalue weighted by Crippen LogP contribution is 2.17. The lowest BCUT2D eigenvalue weighted by Gasteiger charge is -2.05. The number of furan rings is 1. The van der Waals surface area contributed by atoms with Crippen molar-refractivity contribution < 1.29 is 13.7 Å². The van der Waals surface area contributed by atoms with Gasteiger partial charge in [-0.25, -0.2) is 0 Å². The maximum Gasteiger partial charge on any atom is 0.238 e. The molecule has 2 aromatic heterocycles. The third-order valence-corrected chi connectivity index (χ3v) is 3.83. The fourth-order valence-electron chi connectivity index (χ4n) is 2.44. The summed E-state index contributed by atoms with van der Waals surface area (Å²) in [5.41, 5.74) is 2.09. The number of anilines is 1. The van der Waals surface area contributed by atoms with Crippen molar-refractivity contribution in [3.63, 3.8) is 0 Å². The summed E-state index contributed by atoms with van der Waals surface area (Å²) in [5, 5.41) is 6.73. The van der Waals surface area contributed by atoms with Crippen molar-refractivity contribution in [2.75, 3.05) is 5.32 Å². The SMILES string of the molecule is CCCCc1ccc(NC(=O)CCc2nc(-c3ccco3)no2)cc1. The molecule has 0 fully saturated rings. The standard InChI is InChI=1S/C19H21N3O3/c1-2-3-5-14-7-9-15(10-8-14)20-17(23)11-12-18-21-19(22-25-18)16-6-4-13-24-16/h4,6-10,13H,2-3,5,11-12H2,1H3,(H,20,23). The molecule has 25 heavy (non-hydrogen) atoms. The zero-order chi connectivity index (χ0) is 17.5. The van der Waals surface area contributed by atoms with Gasteiger partial charge < -0.3 is 14.3 Å². The van der Waals surface area contributed by atoms with Crippen LogP contribution in [0.15, 0.2) is 51.6 Å². The smallest absolute Gasteiger partial charge is 0.238 e. The Labute approximate surface area is 146 Å². The molecule has 1 aromatic carbocycles. The van der Waals surface area contributed by atoms with E-state index in [4.69, 9.17) is 8.94 Å². The average molecular weight is 339 g/mol. The van der Waals surface area contributed by atoms with Crippen LogP contribution in [0.3, 0.4) is 0 Å². The van der Waals surface area contributed by atoms with Crippen LogP contribution in [0.25, 0.3) is 11.6 Å². The van der Waals surface area contributed by atoms with Gasteiger partial charge >= 0.3 is 0 Å². The number of nitrogens with zero attached hydrogens (tertiary/aromatic N) is 2. The fraction of sp³-hybridized carbons (Fsp3) is 0.316. The summed E-state index contributed by atoms with van der Waals surface area (Å²) in [6.07, 6.45) is 5.63. The number of amides is 1. The van der Waals surface area contributed by atoms with Gasteiger partial charge in [-0.15, -0.1) is 0 Å². The molecule has 3 aromatic rings. The van der Waals surface area contributed by atoms with E-state index in [1.807, 2.05) is 12.1 Å². The molecule has 0 saturated heterocycles. The maximum absolute atomic E-state index is 12.1. The lowest BCUT2D eigenvalue weighted by molar-refractivity contribution is -0.116. The molecular formula is C19H21N3O3. The molecule has 0 aliphatic carbocycles. The minimum atomic E-state index is -0.0842. The third kappa shape index (κ3) is 4.79. The topological polar surface area (TPSA) is 81.2 Å². The minimum absolute atomic E-state index is 0.0842. The molecule has 0 radical (unpaired) electrons. The maximum atomic E-state index is 12.1. The molecule has 2 heterocycles. The zero-order valence-corrected chi connectivity index (χ0v) is 14.2. The lowest BCUT2D eigenvalue weighted by atomic mass is 10.1. The van der Waals surface area contributed by atoms with Crippen molar-refractivity contribution in [1.82, 2.24) is 10.1 Å². The van der Waals surface area contributed by atoms with Crippen molar-refractivity contribution in [2.24, 2.45) is 0 Å². The van der Waals surface area contributed by atoms with Crippen LogP contribution in [0.5, 0.6) is 0 Å². The number of aryl methyl sites for hydroxylation is 2. The minimum Gasteiger partial charge on any atom is -0.461 e. The number of hydrogen-bond acceptors (Lipinski definition) is 5. The van der Waals surface area contributed by atoms with E-state index in [1.54, 1.807) is 18.4 Å². The number of rotatable bonds is 8. The summed E-state index contributed by atoms with van der Waals surface area (Å²) in [6.45, 7) is 2.18. The van der Waals surface area contributed by atoms with Crippen molar-refractivity contribution in [1.29, 1.82) is 0 Å². The first-order chi connectivity index (χ1) is 12.2. The van der Waals surface area contributed by atoms with Gasteiger partial charge in [0.15, 0.2) is 5.76 Å². The summed E-state index contributed by atoms with van der Waals surface area (Å²) < 4.78 is 10.3. The molecule has 0 aliphatic heterocycles. The van der Waals surface area contributed by atoms with Crippen molar-refractivity contribution in [3.8, 4) is 11.6 Å². The van der Waals surface area contributed by atoms with Crippen molar-refractivity contribution in [2.45, 2.75) is 39.0 Å². The molecule has 0 unspecified atom stereocenters. The van der Waals surface area contributed by atoms with Gasteiger partial charge in [-0.1, -0.05) is 30.6 Å². The van der Waals surface area contributed by atoms with E-state index in [9.17, 15) is 4.79 Å². The van der Waals surface area contributed by atoms with Gasteiger partial charge in [0.25, 0.3) is 0 Å². The Bertz CT molecular complexity index is 792. The Morgan fingerprint density at radius 1 is 1.16 bits per heavy atom. The Morgan fingerprint density at radius 3 is 2.72 bits per heavy atom. The van der Waals surface area contributed by atoms with Gasteiger partial charge in [0.2, 0.25) is 17.6 Å². The molecule has 1 amide bonds. The fourth-order valence-corrected chi connectivity index (χ4v) is 2.44. The number of aromatic nitrogens is 2. The quantitative estimate of drug-likeness (QED) is 0.664. The number of hydrogen-bond donors (Lipinski definition) is 1. The second-order valence-corrected chi connectivity index (χ2v) is 5.84. The third-order valence-electron chi connectivity index (χ3n) is 3.83. The van der Waals surface area contributed by atoms with E-state index in [2.05, 4.69) is 34.5 Å². The lowest BCUT2D eigenvalue weighted by Crippen LogP contribution is -2.12. The number of carbonyl (C=O) groups is 1. The zero-order valence-electron chi connectivity index (χ0n) is 14.2. The summed E-state index contributed by atoms with van der Waals surface area (Å²) in [6, 6.07) is 11.5. The first-order valence-electron chi connectivity index (χ1n) is 8.50. The second kappa shape index (κ2) is 8.28. The van der Waals surface area contributed by atoms with E-state index >= 15 is 0 Å². The molecule has 0 saturated carbocycles. The number of benzene rings is 1. The van der Waals surface area contributed by atoms with Gasteiger partial charge in [0.1, 0.15) is 0 Å². The van der Waals surface area contributed by atoms with Crippen LogP contribution >= 0.6 is 0 Å². The van der Waals surface area contributed by atoms with Gasteiger partial charge in [0.05, 0.1) is 6.26 Å². The van der Waals surface area contributed by atoms with E-state index in [0.29, 0.717) is 23.9 Å². The predicted molar refractivity (Wildman–Crippen MR) is 94.0 cm³/mol. The summed E-state index contributed by atoms with van der Waals surface area (Å²) in [5.74, 6) is 1.27. The molecular weight excluding hydrogens is 318 g/mol. The first kappa shape index (κ1) is 17.0. The summed E-state index contributed by atoms with van der Waals surface area (Å²) in [7, 11) is 0. The average Bonchev–Trinajstić information content (AvgIpc) is 3.30. The summed E-state index contributed by atoms with van der Waals surface area (Å²) >= 11 is 0. The first-order valence-corrected chi connectivity index (χ1v) is 8.50. The van der Waals surface area contributed by atoms with Crippen LogP contribution in [0.2, 0.25) is 0 Å². The highest BCUT2D eigenvalue weighted by Gasteiger charge is 2.12. The Morgan fingerprint density at radius 2 is 2.00 bits per heavy atom. The molecule has 6 nitrogen and oxygen atoms in total. The molecule has 1 N–H and O–H groups in total. The molecule has 6 heteroatoms. The molecule has 0 atom stereocenters. The van der Waals surface area contributed by atoms with E-state index < -0.39 is 0 Å². The van der Waals surface area contributed by atoms with Crippen LogP contribution in [-0.4, -0.2) is 16.0 Å². The second-order valence-electron chi connectivity index (χ2n) is 5.84. The Balaban J connectivity index is 1.48. The molecule has 0 aliphatic rings.